The van der Waals surface area contributed by atoms with Gasteiger partial charge in [-0.25, -0.2) is 15.8 Å². The smallest absolute Gasteiger partial charge is 0.143 e. The average molecular weight is 208 g/mol. The van der Waals surface area contributed by atoms with Crippen LogP contribution in [0.4, 0.5) is 5.82 Å². The van der Waals surface area contributed by atoms with Gasteiger partial charge < -0.3 is 5.43 Å². The van der Waals surface area contributed by atoms with E-state index >= 15 is 0 Å². The molecule has 0 unspecified atom stereocenters. The second-order valence-electron chi connectivity index (χ2n) is 4.00. The zero-order valence-electron chi connectivity index (χ0n) is 9.75. The monoisotopic (exact) mass is 208 g/mol. The fourth-order valence-electron chi connectivity index (χ4n) is 1.33. The van der Waals surface area contributed by atoms with Gasteiger partial charge in [0.15, 0.2) is 0 Å². The summed E-state index contributed by atoms with van der Waals surface area (Å²) >= 11 is 0. The van der Waals surface area contributed by atoms with Crippen molar-refractivity contribution in [1.82, 2.24) is 9.97 Å². The maximum Gasteiger partial charge on any atom is 0.143 e. The molecule has 84 valence electrons. The van der Waals surface area contributed by atoms with Crippen LogP contribution < -0.4 is 11.3 Å². The molecule has 0 atom stereocenters. The zero-order chi connectivity index (χ0) is 11.3. The van der Waals surface area contributed by atoms with Gasteiger partial charge in [-0.05, 0) is 12.3 Å². The predicted molar refractivity (Wildman–Crippen MR) is 62.5 cm³/mol. The number of nitrogens with zero attached hydrogens (tertiary/aromatic N) is 2. The lowest BCUT2D eigenvalue weighted by molar-refractivity contribution is 0.726. The van der Waals surface area contributed by atoms with Gasteiger partial charge in [-0.15, -0.1) is 0 Å². The molecule has 15 heavy (non-hydrogen) atoms. The highest BCUT2D eigenvalue weighted by Crippen LogP contribution is 2.15. The summed E-state index contributed by atoms with van der Waals surface area (Å²) in [5.74, 6) is 7.37. The van der Waals surface area contributed by atoms with Crippen molar-refractivity contribution < 1.29 is 0 Å². The molecule has 0 aliphatic heterocycles. The summed E-state index contributed by atoms with van der Waals surface area (Å²) < 4.78 is 0. The Kier molecular flexibility index (Phi) is 4.49. The predicted octanol–water partition coefficient (Wildman–Crippen LogP) is 2.23. The summed E-state index contributed by atoms with van der Waals surface area (Å²) in [4.78, 5) is 8.84. The van der Waals surface area contributed by atoms with Crippen LogP contribution in [0.2, 0.25) is 0 Å². The highest BCUT2D eigenvalue weighted by molar-refractivity contribution is 5.35. The Balaban J connectivity index is 2.90. The highest BCUT2D eigenvalue weighted by atomic mass is 15.3. The fraction of sp³-hybridized carbons (Fsp3) is 0.636. The third-order valence-electron chi connectivity index (χ3n) is 2.29. The SMILES string of the molecule is CCCCc1nc(NN)cc(C(C)C)n1. The molecule has 1 aromatic rings. The lowest BCUT2D eigenvalue weighted by atomic mass is 10.1. The van der Waals surface area contributed by atoms with Crippen molar-refractivity contribution in [3.8, 4) is 0 Å². The molecule has 0 aliphatic carbocycles. The van der Waals surface area contributed by atoms with Crippen LogP contribution in [-0.4, -0.2) is 9.97 Å². The summed E-state index contributed by atoms with van der Waals surface area (Å²) in [5, 5.41) is 0. The summed E-state index contributed by atoms with van der Waals surface area (Å²) in [6.07, 6.45) is 3.19. The molecule has 0 bridgehead atoms. The Morgan fingerprint density at radius 1 is 1.40 bits per heavy atom. The number of nitrogens with two attached hydrogens (primary N) is 1. The molecule has 4 heteroatoms. The van der Waals surface area contributed by atoms with Crippen LogP contribution in [0.15, 0.2) is 6.07 Å². The van der Waals surface area contributed by atoms with E-state index < -0.39 is 0 Å². The first-order valence-corrected chi connectivity index (χ1v) is 5.51. The van der Waals surface area contributed by atoms with Crippen LogP contribution >= 0.6 is 0 Å². The van der Waals surface area contributed by atoms with Crippen molar-refractivity contribution in [3.63, 3.8) is 0 Å². The van der Waals surface area contributed by atoms with Crippen LogP contribution in [0.3, 0.4) is 0 Å². The number of nitrogen functional groups attached to an aromatic ring is 1. The van der Waals surface area contributed by atoms with Crippen molar-refractivity contribution in [2.45, 2.75) is 46.0 Å². The lowest BCUT2D eigenvalue weighted by Crippen LogP contribution is -2.12. The Hall–Kier alpha value is -1.16. The maximum atomic E-state index is 5.38. The van der Waals surface area contributed by atoms with Gasteiger partial charge in [-0.3, -0.25) is 0 Å². The topological polar surface area (TPSA) is 63.8 Å². The van der Waals surface area contributed by atoms with Crippen molar-refractivity contribution in [2.75, 3.05) is 5.43 Å². The van der Waals surface area contributed by atoms with E-state index in [1.54, 1.807) is 0 Å². The van der Waals surface area contributed by atoms with Crippen LogP contribution in [0.1, 0.15) is 51.0 Å². The lowest BCUT2D eigenvalue weighted by Gasteiger charge is -2.09. The van der Waals surface area contributed by atoms with Gasteiger partial charge in [0.1, 0.15) is 11.6 Å². The van der Waals surface area contributed by atoms with E-state index in [1.807, 2.05) is 6.07 Å². The third kappa shape index (κ3) is 3.47. The molecule has 0 aromatic carbocycles. The van der Waals surface area contributed by atoms with E-state index in [4.69, 9.17) is 5.84 Å². The average Bonchev–Trinajstić information content (AvgIpc) is 2.25. The molecule has 4 nitrogen and oxygen atoms in total. The van der Waals surface area contributed by atoms with E-state index in [0.717, 1.165) is 30.8 Å². The van der Waals surface area contributed by atoms with Gasteiger partial charge in [0, 0.05) is 18.2 Å². The second kappa shape index (κ2) is 5.66. The molecule has 3 N–H and O–H groups in total. The number of rotatable bonds is 5. The molecule has 0 saturated heterocycles. The molecule has 0 radical (unpaired) electrons. The van der Waals surface area contributed by atoms with E-state index in [-0.39, 0.29) is 0 Å². The highest BCUT2D eigenvalue weighted by Gasteiger charge is 2.06. The Morgan fingerprint density at radius 2 is 2.13 bits per heavy atom. The molecule has 1 rings (SSSR count). The largest absolute Gasteiger partial charge is 0.308 e. The zero-order valence-corrected chi connectivity index (χ0v) is 9.75. The molecule has 0 amide bonds. The number of hydrazine groups is 1. The Bertz CT molecular complexity index is 309. The normalized spacial score (nSPS) is 10.7. The standard InChI is InChI=1S/C11H20N4/c1-4-5-6-10-13-9(8(2)3)7-11(14-10)15-12/h7-8H,4-6,12H2,1-3H3,(H,13,14,15). The number of unbranched alkanes of at least 4 members (excludes halogenated alkanes) is 1. The van der Waals surface area contributed by atoms with Crippen LogP contribution in [0, 0.1) is 0 Å². The molecular formula is C11H20N4. The molecule has 0 fully saturated rings. The maximum absolute atomic E-state index is 5.38. The van der Waals surface area contributed by atoms with Gasteiger partial charge in [-0.1, -0.05) is 27.2 Å². The number of hydrogen-bond donors (Lipinski definition) is 2. The fourth-order valence-corrected chi connectivity index (χ4v) is 1.33. The van der Waals surface area contributed by atoms with Gasteiger partial charge in [-0.2, -0.15) is 0 Å². The van der Waals surface area contributed by atoms with Crippen molar-refractivity contribution in [3.05, 3.63) is 17.6 Å². The number of nitrogens with one attached hydrogen (secondary N) is 1. The third-order valence-corrected chi connectivity index (χ3v) is 2.29. The molecule has 0 saturated carbocycles. The second-order valence-corrected chi connectivity index (χ2v) is 4.00. The minimum Gasteiger partial charge on any atom is -0.308 e. The first kappa shape index (κ1) is 11.9. The molecule has 0 spiro atoms. The van der Waals surface area contributed by atoms with E-state index in [1.165, 1.54) is 0 Å². The number of aromatic nitrogens is 2. The van der Waals surface area contributed by atoms with Crippen molar-refractivity contribution >= 4 is 5.82 Å². The summed E-state index contributed by atoms with van der Waals surface area (Å²) in [5.41, 5.74) is 3.63. The van der Waals surface area contributed by atoms with Gasteiger partial charge >= 0.3 is 0 Å². The minimum atomic E-state index is 0.403. The van der Waals surface area contributed by atoms with E-state index in [9.17, 15) is 0 Å². The Morgan fingerprint density at radius 3 is 2.67 bits per heavy atom. The minimum absolute atomic E-state index is 0.403. The van der Waals surface area contributed by atoms with Gasteiger partial charge in [0.05, 0.1) is 0 Å². The quantitative estimate of drug-likeness (QED) is 0.575. The molecule has 0 aliphatic rings. The van der Waals surface area contributed by atoms with Gasteiger partial charge in [0.2, 0.25) is 0 Å². The summed E-state index contributed by atoms with van der Waals surface area (Å²) in [7, 11) is 0. The van der Waals surface area contributed by atoms with Crippen molar-refractivity contribution in [2.24, 2.45) is 5.84 Å². The molecular weight excluding hydrogens is 188 g/mol. The van der Waals surface area contributed by atoms with Gasteiger partial charge in [0.25, 0.3) is 0 Å². The van der Waals surface area contributed by atoms with Crippen LogP contribution in [0.25, 0.3) is 0 Å². The van der Waals surface area contributed by atoms with Crippen LogP contribution in [-0.2, 0) is 6.42 Å². The Labute approximate surface area is 91.3 Å². The molecule has 1 aromatic heterocycles. The first-order valence-electron chi connectivity index (χ1n) is 5.51. The summed E-state index contributed by atoms with van der Waals surface area (Å²) in [6.45, 7) is 6.40. The van der Waals surface area contributed by atoms with Crippen LogP contribution in [0.5, 0.6) is 0 Å². The summed E-state index contributed by atoms with van der Waals surface area (Å²) in [6, 6.07) is 1.90. The number of anilines is 1. The first-order chi connectivity index (χ1) is 7.17. The van der Waals surface area contributed by atoms with E-state index in [2.05, 4.69) is 36.2 Å². The van der Waals surface area contributed by atoms with Crippen molar-refractivity contribution in [1.29, 1.82) is 0 Å². The molecule has 1 heterocycles. The van der Waals surface area contributed by atoms with E-state index in [0.29, 0.717) is 11.7 Å². The number of aryl methyl sites for hydroxylation is 1. The number of hydrogen-bond acceptors (Lipinski definition) is 4.